The van der Waals surface area contributed by atoms with Crippen molar-refractivity contribution < 1.29 is 19.4 Å². The summed E-state index contributed by atoms with van der Waals surface area (Å²) < 4.78 is 0.316. The molecular formula is C22H25Cl2Zr. The number of halogens is 2. The second-order valence-corrected chi connectivity index (χ2v) is 15.8. The summed E-state index contributed by atoms with van der Waals surface area (Å²) in [6.07, 6.45) is 5.67. The summed E-state index contributed by atoms with van der Waals surface area (Å²) in [5, 5.41) is 0. The molecule has 0 fully saturated rings. The third-order valence-electron chi connectivity index (χ3n) is 5.03. The van der Waals surface area contributed by atoms with Crippen LogP contribution in [0.5, 0.6) is 0 Å². The van der Waals surface area contributed by atoms with Crippen LogP contribution in [0.4, 0.5) is 0 Å². The van der Waals surface area contributed by atoms with Gasteiger partial charge in [-0.05, 0) is 0 Å². The summed E-state index contributed by atoms with van der Waals surface area (Å²) in [6.45, 7) is 8.82. The molecule has 0 heterocycles. The third-order valence-corrected chi connectivity index (χ3v) is 10.4. The van der Waals surface area contributed by atoms with Gasteiger partial charge in [0.2, 0.25) is 0 Å². The number of rotatable bonds is 5. The zero-order valence-corrected chi connectivity index (χ0v) is 19.4. The van der Waals surface area contributed by atoms with Crippen LogP contribution in [0, 0.1) is 13.8 Å². The molecule has 0 amide bonds. The molecule has 1 unspecified atom stereocenters. The summed E-state index contributed by atoms with van der Waals surface area (Å²) in [5.74, 6) is 0. The van der Waals surface area contributed by atoms with Crippen molar-refractivity contribution in [1.82, 2.24) is 0 Å². The number of allylic oxidation sites excluding steroid dienone is 1. The number of hydrogen-bond donors (Lipinski definition) is 0. The fourth-order valence-electron chi connectivity index (χ4n) is 4.07. The number of aryl methyl sites for hydroxylation is 3. The zero-order valence-electron chi connectivity index (χ0n) is 15.4. The van der Waals surface area contributed by atoms with E-state index < -0.39 is 19.4 Å². The molecule has 3 heteroatoms. The average molecular weight is 452 g/mol. The molecule has 1 atom stereocenters. The number of fused-ring (bicyclic) bond motifs is 1. The Hall–Kier alpha value is -0.357. The van der Waals surface area contributed by atoms with Crippen molar-refractivity contribution in [3.63, 3.8) is 0 Å². The van der Waals surface area contributed by atoms with Gasteiger partial charge < -0.3 is 0 Å². The van der Waals surface area contributed by atoms with E-state index in [1.165, 1.54) is 44.5 Å². The van der Waals surface area contributed by atoms with Gasteiger partial charge in [0.25, 0.3) is 0 Å². The van der Waals surface area contributed by atoms with Crippen molar-refractivity contribution in [2.24, 2.45) is 0 Å². The Morgan fingerprint density at radius 1 is 1.00 bits per heavy atom. The van der Waals surface area contributed by atoms with Crippen LogP contribution in [0.1, 0.15) is 58.1 Å². The molecule has 2 aromatic carbocycles. The van der Waals surface area contributed by atoms with E-state index in [2.05, 4.69) is 64.1 Å². The van der Waals surface area contributed by atoms with Crippen molar-refractivity contribution in [2.75, 3.05) is 0 Å². The molecule has 0 N–H and O–H groups in total. The summed E-state index contributed by atoms with van der Waals surface area (Å²) in [4.78, 5) is 0. The van der Waals surface area contributed by atoms with Gasteiger partial charge in [0.05, 0.1) is 0 Å². The van der Waals surface area contributed by atoms with Crippen molar-refractivity contribution in [3.8, 4) is 11.1 Å². The van der Waals surface area contributed by atoms with E-state index in [4.69, 9.17) is 17.0 Å². The molecular weight excluding hydrogens is 426 g/mol. The number of benzene rings is 2. The Bertz CT molecular complexity index is 801. The Kier molecular flexibility index (Phi) is 6.30. The van der Waals surface area contributed by atoms with Crippen LogP contribution in [0.3, 0.4) is 0 Å². The van der Waals surface area contributed by atoms with E-state index in [1.807, 2.05) is 0 Å². The second kappa shape index (κ2) is 8.12. The average Bonchev–Trinajstić information content (AvgIpc) is 2.91. The van der Waals surface area contributed by atoms with Gasteiger partial charge in [0.15, 0.2) is 0 Å². The van der Waals surface area contributed by atoms with Crippen LogP contribution in [0.25, 0.3) is 17.2 Å². The van der Waals surface area contributed by atoms with Crippen molar-refractivity contribution in [1.29, 1.82) is 0 Å². The predicted molar refractivity (Wildman–Crippen MR) is 108 cm³/mol. The molecule has 1 aliphatic carbocycles. The van der Waals surface area contributed by atoms with E-state index in [0.717, 1.165) is 19.3 Å². The molecule has 0 radical (unpaired) electrons. The van der Waals surface area contributed by atoms with Gasteiger partial charge in [-0.2, -0.15) is 0 Å². The minimum atomic E-state index is -2.43. The van der Waals surface area contributed by atoms with Crippen LogP contribution < -0.4 is 0 Å². The van der Waals surface area contributed by atoms with Gasteiger partial charge in [-0.3, -0.25) is 0 Å². The standard InChI is InChI=1S/C22H25.2ClH.Zr/c1-5-7-17-13-19-9-8-18(6-2)22(21(19)14-17)20-11-15(3)10-16(4)12-20;;;/h8-14H,5-7H2,1-4H3;2*1H;/q;;;+2/p-2. The quantitative estimate of drug-likeness (QED) is 0.437. The van der Waals surface area contributed by atoms with Gasteiger partial charge in [0, 0.05) is 0 Å². The molecule has 0 saturated carbocycles. The predicted octanol–water partition coefficient (Wildman–Crippen LogP) is 7.70. The molecule has 1 aliphatic rings. The first-order valence-corrected chi connectivity index (χ1v) is 16.8. The molecule has 0 bridgehead atoms. The van der Waals surface area contributed by atoms with Crippen molar-refractivity contribution in [2.45, 2.75) is 50.6 Å². The van der Waals surface area contributed by atoms with Gasteiger partial charge in [-0.25, -0.2) is 0 Å². The molecule has 0 spiro atoms. The minimum absolute atomic E-state index is 0.316. The van der Waals surface area contributed by atoms with Crippen LogP contribution in [-0.4, -0.2) is 0 Å². The summed E-state index contributed by atoms with van der Waals surface area (Å²) in [7, 11) is 13.2. The Morgan fingerprint density at radius 2 is 1.68 bits per heavy atom. The van der Waals surface area contributed by atoms with Gasteiger partial charge in [-0.1, -0.05) is 0 Å². The van der Waals surface area contributed by atoms with Crippen LogP contribution >= 0.6 is 17.0 Å². The fourth-order valence-corrected chi connectivity index (χ4v) is 9.57. The van der Waals surface area contributed by atoms with Gasteiger partial charge >= 0.3 is 168 Å². The van der Waals surface area contributed by atoms with E-state index in [0.29, 0.717) is 3.63 Å². The van der Waals surface area contributed by atoms with E-state index >= 15 is 0 Å². The van der Waals surface area contributed by atoms with Gasteiger partial charge in [0.1, 0.15) is 0 Å². The Morgan fingerprint density at radius 3 is 2.24 bits per heavy atom. The monoisotopic (exact) mass is 449 g/mol. The molecule has 3 rings (SSSR count). The van der Waals surface area contributed by atoms with E-state index in [9.17, 15) is 0 Å². The molecule has 0 saturated heterocycles. The zero-order chi connectivity index (χ0) is 18.1. The first kappa shape index (κ1) is 19.4. The molecule has 0 aromatic heterocycles. The van der Waals surface area contributed by atoms with Crippen molar-refractivity contribution in [3.05, 3.63) is 63.7 Å². The second-order valence-electron chi connectivity index (χ2n) is 7.02. The first-order chi connectivity index (χ1) is 12.0. The van der Waals surface area contributed by atoms with E-state index in [-0.39, 0.29) is 0 Å². The Labute approximate surface area is 167 Å². The summed E-state index contributed by atoms with van der Waals surface area (Å²) in [6, 6.07) is 11.4. The summed E-state index contributed by atoms with van der Waals surface area (Å²) >= 11 is -2.43. The fraction of sp³-hybridized carbons (Fsp3) is 0.364. The molecule has 0 aliphatic heterocycles. The molecule has 25 heavy (non-hydrogen) atoms. The van der Waals surface area contributed by atoms with Crippen molar-refractivity contribution >= 4 is 23.1 Å². The number of hydrogen-bond acceptors (Lipinski definition) is 0. The topological polar surface area (TPSA) is 0 Å². The van der Waals surface area contributed by atoms with Crippen LogP contribution in [-0.2, 0) is 25.8 Å². The first-order valence-electron chi connectivity index (χ1n) is 9.09. The van der Waals surface area contributed by atoms with Gasteiger partial charge in [-0.15, -0.1) is 0 Å². The van der Waals surface area contributed by atoms with E-state index in [1.54, 1.807) is 0 Å². The third kappa shape index (κ3) is 3.85. The Balaban J connectivity index is 2.26. The van der Waals surface area contributed by atoms with Crippen LogP contribution in [0.2, 0.25) is 0 Å². The molecule has 2 aromatic rings. The maximum atomic E-state index is 6.59. The summed E-state index contributed by atoms with van der Waals surface area (Å²) in [5.41, 5.74) is 10.9. The normalized spacial score (nSPS) is 15.9. The molecule has 0 nitrogen and oxygen atoms in total. The maximum absolute atomic E-state index is 6.59. The molecule has 131 valence electrons. The SMILES string of the molecule is CCCC1=Cc2c(ccc(CC)c2-c2cc(C)cc(C)c2)[CH]1[Zr]([Cl])[Cl]. The van der Waals surface area contributed by atoms with Crippen LogP contribution in [0.15, 0.2) is 35.9 Å².